The van der Waals surface area contributed by atoms with Gasteiger partial charge in [-0.1, -0.05) is 54.1 Å². The third-order valence-corrected chi connectivity index (χ3v) is 5.51. The maximum atomic E-state index is 12.5. The molecular weight excluding hydrogens is 386 g/mol. The lowest BCUT2D eigenvalue weighted by molar-refractivity contribution is -0.127. The Bertz CT molecular complexity index is 803. The van der Waals surface area contributed by atoms with E-state index in [1.165, 1.54) is 12.5 Å². The predicted octanol–water partition coefficient (Wildman–Crippen LogP) is 2.77. The summed E-state index contributed by atoms with van der Waals surface area (Å²) in [6.07, 6.45) is 0.525. The highest BCUT2D eigenvalue weighted by molar-refractivity contribution is 6.30. The zero-order valence-corrected chi connectivity index (χ0v) is 17.6. The van der Waals surface area contributed by atoms with Crippen molar-refractivity contribution < 1.29 is 9.59 Å². The van der Waals surface area contributed by atoms with E-state index in [4.69, 9.17) is 11.6 Å². The van der Waals surface area contributed by atoms with Crippen LogP contribution in [0.15, 0.2) is 54.6 Å². The molecule has 0 spiro atoms. The molecule has 0 saturated carbocycles. The zero-order valence-electron chi connectivity index (χ0n) is 16.8. The van der Waals surface area contributed by atoms with Crippen molar-refractivity contribution in [3.63, 3.8) is 0 Å². The van der Waals surface area contributed by atoms with Gasteiger partial charge < -0.3 is 5.32 Å². The van der Waals surface area contributed by atoms with Crippen LogP contribution in [-0.4, -0.2) is 60.3 Å². The number of amides is 1. The van der Waals surface area contributed by atoms with Gasteiger partial charge in [-0.25, -0.2) is 0 Å². The molecule has 0 aromatic heterocycles. The van der Waals surface area contributed by atoms with E-state index in [9.17, 15) is 9.59 Å². The summed E-state index contributed by atoms with van der Waals surface area (Å²) < 4.78 is 0. The van der Waals surface area contributed by atoms with Crippen molar-refractivity contribution in [2.75, 3.05) is 32.7 Å². The van der Waals surface area contributed by atoms with Crippen LogP contribution in [0, 0.1) is 0 Å². The number of nitrogens with one attached hydrogen (secondary N) is 1. The summed E-state index contributed by atoms with van der Waals surface area (Å²) in [5, 5.41) is 3.66. The molecule has 2 aromatic rings. The second-order valence-corrected chi connectivity index (χ2v) is 8.04. The first-order chi connectivity index (χ1) is 14.0. The lowest BCUT2D eigenvalue weighted by atomic mass is 10.0. The third-order valence-electron chi connectivity index (χ3n) is 5.26. The van der Waals surface area contributed by atoms with Crippen LogP contribution in [0.5, 0.6) is 0 Å². The summed E-state index contributed by atoms with van der Waals surface area (Å²) in [5.74, 6) is -0.109. The molecule has 1 fully saturated rings. The van der Waals surface area contributed by atoms with E-state index in [1.54, 1.807) is 0 Å². The van der Waals surface area contributed by atoms with Gasteiger partial charge in [-0.05, 0) is 36.6 Å². The van der Waals surface area contributed by atoms with Crippen molar-refractivity contribution in [1.82, 2.24) is 15.1 Å². The van der Waals surface area contributed by atoms with E-state index in [0.29, 0.717) is 13.0 Å². The Morgan fingerprint density at radius 1 is 0.931 bits per heavy atom. The lowest BCUT2D eigenvalue weighted by Gasteiger charge is -2.34. The fourth-order valence-electron chi connectivity index (χ4n) is 3.54. The maximum Gasteiger partial charge on any atom is 0.234 e. The standard InChI is InChI=1S/C23H28ClN3O2/c1-18(28)22(15-19-5-3-2-4-6-19)25-23(29)17-27-13-11-26(12-14-27)16-20-7-9-21(24)10-8-20/h2-10,22H,11-17H2,1H3,(H,25,29)/t22-/m0/s1. The Labute approximate surface area is 177 Å². The van der Waals surface area contributed by atoms with Crippen molar-refractivity contribution in [3.8, 4) is 0 Å². The minimum absolute atomic E-state index is 0.0185. The average Bonchev–Trinajstić information content (AvgIpc) is 2.71. The molecular formula is C23H28ClN3O2. The molecule has 6 heteroatoms. The Morgan fingerprint density at radius 3 is 2.17 bits per heavy atom. The first-order valence-corrected chi connectivity index (χ1v) is 10.4. The highest BCUT2D eigenvalue weighted by Crippen LogP contribution is 2.13. The Kier molecular flexibility index (Phi) is 7.81. The fraction of sp³-hybridized carbons (Fsp3) is 0.391. The molecule has 1 saturated heterocycles. The zero-order chi connectivity index (χ0) is 20.6. The molecule has 1 aliphatic heterocycles. The van der Waals surface area contributed by atoms with E-state index in [1.807, 2.05) is 42.5 Å². The number of carbonyl (C=O) groups excluding carboxylic acids is 2. The molecule has 1 atom stereocenters. The molecule has 0 unspecified atom stereocenters. The fourth-order valence-corrected chi connectivity index (χ4v) is 3.67. The third kappa shape index (κ3) is 6.96. The van der Waals surface area contributed by atoms with Gasteiger partial charge in [0.05, 0.1) is 12.6 Å². The molecule has 0 aliphatic carbocycles. The van der Waals surface area contributed by atoms with E-state index in [-0.39, 0.29) is 11.7 Å². The molecule has 1 aliphatic rings. The van der Waals surface area contributed by atoms with Crippen molar-refractivity contribution in [2.45, 2.75) is 25.9 Å². The quantitative estimate of drug-likeness (QED) is 0.723. The van der Waals surface area contributed by atoms with Gasteiger partial charge in [0.25, 0.3) is 0 Å². The van der Waals surface area contributed by atoms with Crippen molar-refractivity contribution in [1.29, 1.82) is 0 Å². The van der Waals surface area contributed by atoms with Crippen molar-refractivity contribution in [2.24, 2.45) is 0 Å². The van der Waals surface area contributed by atoms with Crippen molar-refractivity contribution >= 4 is 23.3 Å². The van der Waals surface area contributed by atoms with Gasteiger partial charge in [0.1, 0.15) is 0 Å². The summed E-state index contributed by atoms with van der Waals surface area (Å²) in [4.78, 5) is 29.0. The molecule has 29 heavy (non-hydrogen) atoms. The smallest absolute Gasteiger partial charge is 0.234 e. The SMILES string of the molecule is CC(=O)[C@H](Cc1ccccc1)NC(=O)CN1CCN(Cc2ccc(Cl)cc2)CC1. The number of halogens is 1. The van der Waals surface area contributed by atoms with E-state index < -0.39 is 6.04 Å². The van der Waals surface area contributed by atoms with Crippen molar-refractivity contribution in [3.05, 3.63) is 70.7 Å². The number of benzene rings is 2. The van der Waals surface area contributed by atoms with Gasteiger partial charge in [-0.15, -0.1) is 0 Å². The molecule has 1 heterocycles. The molecule has 1 amide bonds. The Hall–Kier alpha value is -2.21. The Balaban J connectivity index is 1.43. The lowest BCUT2D eigenvalue weighted by Crippen LogP contribution is -2.51. The van der Waals surface area contributed by atoms with Gasteiger partial charge in [0.2, 0.25) is 5.91 Å². The number of Topliss-reactive ketones (excluding diaryl/α,β-unsaturated/α-hetero) is 1. The van der Waals surface area contributed by atoms with Gasteiger partial charge in [-0.2, -0.15) is 0 Å². The van der Waals surface area contributed by atoms with Crippen LogP contribution in [-0.2, 0) is 22.6 Å². The minimum atomic E-state index is -0.476. The van der Waals surface area contributed by atoms with Crippen LogP contribution in [0.25, 0.3) is 0 Å². The Morgan fingerprint density at radius 2 is 1.55 bits per heavy atom. The maximum absolute atomic E-state index is 12.5. The summed E-state index contributed by atoms with van der Waals surface area (Å²) in [6, 6.07) is 17.2. The summed E-state index contributed by atoms with van der Waals surface area (Å²) in [7, 11) is 0. The number of nitrogens with zero attached hydrogens (tertiary/aromatic N) is 2. The summed E-state index contributed by atoms with van der Waals surface area (Å²) >= 11 is 5.94. The number of piperazine rings is 1. The molecule has 154 valence electrons. The van der Waals surface area contributed by atoms with Crippen LogP contribution in [0.1, 0.15) is 18.1 Å². The minimum Gasteiger partial charge on any atom is -0.345 e. The average molecular weight is 414 g/mol. The molecule has 3 rings (SSSR count). The van der Waals surface area contributed by atoms with Crippen LogP contribution in [0.4, 0.5) is 0 Å². The number of ketones is 1. The van der Waals surface area contributed by atoms with Crippen LogP contribution in [0.2, 0.25) is 5.02 Å². The van der Waals surface area contributed by atoms with Gasteiger partial charge in [-0.3, -0.25) is 19.4 Å². The highest BCUT2D eigenvalue weighted by Gasteiger charge is 2.22. The summed E-state index contributed by atoms with van der Waals surface area (Å²) in [5.41, 5.74) is 2.29. The normalized spacial score (nSPS) is 16.3. The second-order valence-electron chi connectivity index (χ2n) is 7.60. The van der Waals surface area contributed by atoms with Crippen LogP contribution < -0.4 is 5.32 Å². The van der Waals surface area contributed by atoms with Crippen LogP contribution in [0.3, 0.4) is 0 Å². The number of carbonyl (C=O) groups is 2. The molecule has 2 aromatic carbocycles. The monoisotopic (exact) mass is 413 g/mol. The second kappa shape index (κ2) is 10.5. The highest BCUT2D eigenvalue weighted by atomic mass is 35.5. The number of rotatable bonds is 8. The molecule has 1 N–H and O–H groups in total. The predicted molar refractivity (Wildman–Crippen MR) is 116 cm³/mol. The topological polar surface area (TPSA) is 52.7 Å². The van der Waals surface area contributed by atoms with E-state index in [2.05, 4.69) is 27.2 Å². The largest absolute Gasteiger partial charge is 0.345 e. The summed E-state index contributed by atoms with van der Waals surface area (Å²) in [6.45, 7) is 6.25. The van der Waals surface area contributed by atoms with E-state index in [0.717, 1.165) is 43.3 Å². The molecule has 0 bridgehead atoms. The number of hydrogen-bond acceptors (Lipinski definition) is 4. The van der Waals surface area contributed by atoms with Gasteiger partial charge >= 0.3 is 0 Å². The number of hydrogen-bond donors (Lipinski definition) is 1. The van der Waals surface area contributed by atoms with E-state index >= 15 is 0 Å². The molecule has 0 radical (unpaired) electrons. The first-order valence-electron chi connectivity index (χ1n) is 10.0. The molecule has 5 nitrogen and oxygen atoms in total. The van der Waals surface area contributed by atoms with Gasteiger partial charge in [0.15, 0.2) is 5.78 Å². The first kappa shape index (κ1) is 21.5. The van der Waals surface area contributed by atoms with Crippen LogP contribution >= 0.6 is 11.6 Å². The van der Waals surface area contributed by atoms with Gasteiger partial charge in [0, 0.05) is 37.7 Å².